The SMILES string of the molecule is CC.CCC1CCCC1(C)C. The molecule has 0 aromatic heterocycles. The van der Waals surface area contributed by atoms with Gasteiger partial charge in [-0.1, -0.05) is 47.5 Å². The van der Waals surface area contributed by atoms with Crippen LogP contribution in [0.25, 0.3) is 0 Å². The van der Waals surface area contributed by atoms with Crippen molar-refractivity contribution in [2.75, 3.05) is 0 Å². The van der Waals surface area contributed by atoms with E-state index >= 15 is 0 Å². The van der Waals surface area contributed by atoms with Crippen molar-refractivity contribution in [2.45, 2.75) is 60.3 Å². The lowest BCUT2D eigenvalue weighted by Crippen LogP contribution is -2.15. The molecule has 0 nitrogen and oxygen atoms in total. The highest BCUT2D eigenvalue weighted by Gasteiger charge is 2.32. The molecule has 0 aromatic carbocycles. The lowest BCUT2D eigenvalue weighted by molar-refractivity contribution is 0.253. The standard InChI is InChI=1S/C9H18.C2H6/c1-4-8-6-5-7-9(8,2)3;1-2/h8H,4-7H2,1-3H3;1-2H3. The van der Waals surface area contributed by atoms with Crippen LogP contribution in [0.2, 0.25) is 0 Å². The molecule has 1 saturated carbocycles. The predicted octanol–water partition coefficient (Wildman–Crippen LogP) is 4.25. The van der Waals surface area contributed by atoms with Gasteiger partial charge in [0.05, 0.1) is 0 Å². The molecule has 1 atom stereocenters. The van der Waals surface area contributed by atoms with Crippen LogP contribution in [0.1, 0.15) is 60.3 Å². The second kappa shape index (κ2) is 4.79. The van der Waals surface area contributed by atoms with Gasteiger partial charge in [0, 0.05) is 0 Å². The Bertz CT molecular complexity index is 92.2. The summed E-state index contributed by atoms with van der Waals surface area (Å²) >= 11 is 0. The van der Waals surface area contributed by atoms with E-state index in [4.69, 9.17) is 0 Å². The van der Waals surface area contributed by atoms with Crippen molar-refractivity contribution >= 4 is 0 Å². The van der Waals surface area contributed by atoms with Gasteiger partial charge in [0.1, 0.15) is 0 Å². The van der Waals surface area contributed by atoms with Gasteiger partial charge in [-0.2, -0.15) is 0 Å². The fourth-order valence-corrected chi connectivity index (χ4v) is 2.16. The first-order valence-electron chi connectivity index (χ1n) is 5.17. The topological polar surface area (TPSA) is 0 Å². The van der Waals surface area contributed by atoms with E-state index in [1.54, 1.807) is 0 Å². The molecule has 0 aromatic rings. The third-order valence-electron chi connectivity index (χ3n) is 2.97. The molecule has 0 bridgehead atoms. The molecule has 1 unspecified atom stereocenters. The summed E-state index contributed by atoms with van der Waals surface area (Å²) in [5, 5.41) is 0. The summed E-state index contributed by atoms with van der Waals surface area (Å²) in [7, 11) is 0. The molecule has 1 aliphatic rings. The van der Waals surface area contributed by atoms with E-state index in [-0.39, 0.29) is 0 Å². The Kier molecular flexibility index (Phi) is 4.79. The Morgan fingerprint density at radius 1 is 1.27 bits per heavy atom. The summed E-state index contributed by atoms with van der Waals surface area (Å²) in [6.45, 7) is 11.1. The molecular weight excluding hydrogens is 132 g/mol. The third-order valence-corrected chi connectivity index (χ3v) is 2.97. The second-order valence-corrected chi connectivity index (χ2v) is 3.99. The van der Waals surface area contributed by atoms with Gasteiger partial charge in [-0.3, -0.25) is 0 Å². The Morgan fingerprint density at radius 2 is 1.82 bits per heavy atom. The average Bonchev–Trinajstić information content (AvgIpc) is 2.33. The van der Waals surface area contributed by atoms with Gasteiger partial charge in [-0.05, 0) is 24.2 Å². The van der Waals surface area contributed by atoms with E-state index in [1.165, 1.54) is 25.7 Å². The molecule has 0 spiro atoms. The van der Waals surface area contributed by atoms with Crippen LogP contribution in [0, 0.1) is 11.3 Å². The molecule has 0 heterocycles. The summed E-state index contributed by atoms with van der Waals surface area (Å²) in [5.41, 5.74) is 0.661. The smallest absolute Gasteiger partial charge is 0.0326 e. The Hall–Kier alpha value is 0. The molecule has 11 heavy (non-hydrogen) atoms. The van der Waals surface area contributed by atoms with Gasteiger partial charge in [0.2, 0.25) is 0 Å². The molecular formula is C11H24. The van der Waals surface area contributed by atoms with Gasteiger partial charge in [-0.25, -0.2) is 0 Å². The fourth-order valence-electron chi connectivity index (χ4n) is 2.16. The van der Waals surface area contributed by atoms with Crippen LogP contribution in [0.3, 0.4) is 0 Å². The number of rotatable bonds is 1. The third kappa shape index (κ3) is 2.84. The van der Waals surface area contributed by atoms with E-state index in [0.717, 1.165) is 5.92 Å². The van der Waals surface area contributed by atoms with Crippen molar-refractivity contribution in [1.29, 1.82) is 0 Å². The molecule has 0 saturated heterocycles. The normalized spacial score (nSPS) is 27.5. The van der Waals surface area contributed by atoms with Gasteiger partial charge >= 0.3 is 0 Å². The monoisotopic (exact) mass is 156 g/mol. The molecule has 0 heteroatoms. The summed E-state index contributed by atoms with van der Waals surface area (Å²) in [6, 6.07) is 0. The summed E-state index contributed by atoms with van der Waals surface area (Å²) < 4.78 is 0. The Labute approximate surface area is 72.4 Å². The van der Waals surface area contributed by atoms with Crippen LogP contribution in [-0.2, 0) is 0 Å². The minimum absolute atomic E-state index is 0.661. The van der Waals surface area contributed by atoms with Crippen LogP contribution < -0.4 is 0 Å². The highest BCUT2D eigenvalue weighted by molar-refractivity contribution is 4.83. The van der Waals surface area contributed by atoms with E-state index in [1.807, 2.05) is 13.8 Å². The first kappa shape index (κ1) is 11.0. The van der Waals surface area contributed by atoms with Crippen molar-refractivity contribution in [2.24, 2.45) is 11.3 Å². The molecule has 1 rings (SSSR count). The largest absolute Gasteiger partial charge is 0.0683 e. The fraction of sp³-hybridized carbons (Fsp3) is 1.00. The van der Waals surface area contributed by atoms with Crippen molar-refractivity contribution in [3.8, 4) is 0 Å². The molecule has 68 valence electrons. The zero-order valence-electron chi connectivity index (χ0n) is 8.91. The summed E-state index contributed by atoms with van der Waals surface area (Å²) in [4.78, 5) is 0. The van der Waals surface area contributed by atoms with E-state index in [9.17, 15) is 0 Å². The summed E-state index contributed by atoms with van der Waals surface area (Å²) in [6.07, 6.45) is 5.77. The Balaban J connectivity index is 0.000000461. The summed E-state index contributed by atoms with van der Waals surface area (Å²) in [5.74, 6) is 1.01. The van der Waals surface area contributed by atoms with Crippen molar-refractivity contribution in [3.05, 3.63) is 0 Å². The van der Waals surface area contributed by atoms with Crippen LogP contribution in [0.15, 0.2) is 0 Å². The van der Waals surface area contributed by atoms with Crippen molar-refractivity contribution in [3.63, 3.8) is 0 Å². The van der Waals surface area contributed by atoms with Crippen LogP contribution in [-0.4, -0.2) is 0 Å². The molecule has 0 amide bonds. The van der Waals surface area contributed by atoms with E-state index in [2.05, 4.69) is 20.8 Å². The molecule has 0 aliphatic heterocycles. The maximum absolute atomic E-state index is 2.41. The molecule has 1 fully saturated rings. The van der Waals surface area contributed by atoms with Gasteiger partial charge in [0.25, 0.3) is 0 Å². The van der Waals surface area contributed by atoms with Gasteiger partial charge < -0.3 is 0 Å². The van der Waals surface area contributed by atoms with Gasteiger partial charge in [0.15, 0.2) is 0 Å². The van der Waals surface area contributed by atoms with Crippen LogP contribution >= 0.6 is 0 Å². The maximum atomic E-state index is 2.41. The predicted molar refractivity (Wildman–Crippen MR) is 52.8 cm³/mol. The number of hydrogen-bond acceptors (Lipinski definition) is 0. The molecule has 0 radical (unpaired) electrons. The second-order valence-electron chi connectivity index (χ2n) is 3.99. The lowest BCUT2D eigenvalue weighted by atomic mass is 9.80. The highest BCUT2D eigenvalue weighted by atomic mass is 14.4. The zero-order chi connectivity index (χ0) is 8.91. The lowest BCUT2D eigenvalue weighted by Gasteiger charge is -2.25. The zero-order valence-corrected chi connectivity index (χ0v) is 8.91. The molecule has 1 aliphatic carbocycles. The first-order valence-corrected chi connectivity index (χ1v) is 5.17. The van der Waals surface area contributed by atoms with Gasteiger partial charge in [-0.15, -0.1) is 0 Å². The van der Waals surface area contributed by atoms with Crippen LogP contribution in [0.5, 0.6) is 0 Å². The minimum Gasteiger partial charge on any atom is -0.0683 e. The maximum Gasteiger partial charge on any atom is -0.0326 e. The Morgan fingerprint density at radius 3 is 2.00 bits per heavy atom. The van der Waals surface area contributed by atoms with Crippen LogP contribution in [0.4, 0.5) is 0 Å². The van der Waals surface area contributed by atoms with Crippen molar-refractivity contribution < 1.29 is 0 Å². The first-order chi connectivity index (χ1) is 5.17. The average molecular weight is 156 g/mol. The molecule has 0 N–H and O–H groups in total. The minimum atomic E-state index is 0.661. The van der Waals surface area contributed by atoms with E-state index < -0.39 is 0 Å². The van der Waals surface area contributed by atoms with E-state index in [0.29, 0.717) is 5.41 Å². The highest BCUT2D eigenvalue weighted by Crippen LogP contribution is 2.43. The van der Waals surface area contributed by atoms with Crippen molar-refractivity contribution in [1.82, 2.24) is 0 Å². The quantitative estimate of drug-likeness (QED) is 0.532. The number of hydrogen-bond donors (Lipinski definition) is 0.